The monoisotopic (exact) mass is 280 g/mol. The van der Waals surface area contributed by atoms with E-state index in [2.05, 4.69) is 0 Å². The van der Waals surface area contributed by atoms with Crippen LogP contribution in [0.4, 0.5) is 0 Å². The molecule has 0 saturated carbocycles. The molecule has 0 aliphatic carbocycles. The smallest absolute Gasteiger partial charge is 0.338 e. The van der Waals surface area contributed by atoms with Crippen LogP contribution in [0.2, 0.25) is 0 Å². The summed E-state index contributed by atoms with van der Waals surface area (Å²) in [4.78, 5) is 12.0. The lowest BCUT2D eigenvalue weighted by atomic mass is 10.2. The zero-order valence-corrected chi connectivity index (χ0v) is 12.8. The Kier molecular flexibility index (Phi) is 6.91. The number of esters is 1. The van der Waals surface area contributed by atoms with Crippen LogP contribution in [0.3, 0.4) is 0 Å². The van der Waals surface area contributed by atoms with E-state index in [9.17, 15) is 4.79 Å². The lowest BCUT2D eigenvalue weighted by molar-refractivity contribution is 0.0334. The number of carbonyl (C=O) groups excluding carboxylic acids is 1. The van der Waals surface area contributed by atoms with Gasteiger partial charge in [0.1, 0.15) is 0 Å². The lowest BCUT2D eigenvalue weighted by Crippen LogP contribution is -2.14. The Morgan fingerprint density at radius 2 is 1.90 bits per heavy atom. The highest BCUT2D eigenvalue weighted by molar-refractivity contribution is 5.90. The lowest BCUT2D eigenvalue weighted by Gasteiger charge is -2.14. The summed E-state index contributed by atoms with van der Waals surface area (Å²) in [5.74, 6) is 0.913. The largest absolute Gasteiger partial charge is 0.490 e. The fourth-order valence-electron chi connectivity index (χ4n) is 1.57. The van der Waals surface area contributed by atoms with Crippen LogP contribution in [0.1, 0.15) is 50.9 Å². The molecule has 4 heteroatoms. The zero-order valence-electron chi connectivity index (χ0n) is 12.8. The number of ether oxygens (including phenoxy) is 3. The second-order valence-electron chi connectivity index (χ2n) is 4.57. The summed E-state index contributed by atoms with van der Waals surface area (Å²) in [5, 5.41) is 0. The van der Waals surface area contributed by atoms with Crippen LogP contribution >= 0.6 is 0 Å². The van der Waals surface area contributed by atoms with E-state index in [1.54, 1.807) is 18.2 Å². The van der Waals surface area contributed by atoms with Gasteiger partial charge in [0.05, 0.1) is 24.9 Å². The minimum Gasteiger partial charge on any atom is -0.490 e. The predicted molar refractivity (Wildman–Crippen MR) is 78.6 cm³/mol. The van der Waals surface area contributed by atoms with Gasteiger partial charge in [-0.05, 0) is 44.9 Å². The second kappa shape index (κ2) is 8.46. The van der Waals surface area contributed by atoms with Crippen LogP contribution in [-0.2, 0) is 4.74 Å². The quantitative estimate of drug-likeness (QED) is 0.679. The number of rotatable bonds is 8. The standard InChI is InChI=1S/C16H24O4/c1-5-10-19-14-9-8-13(11-15(14)18-7-3)16(17)20-12(4)6-2/h8-9,11-12H,5-7,10H2,1-4H3. The molecule has 0 spiro atoms. The van der Waals surface area contributed by atoms with Gasteiger partial charge < -0.3 is 14.2 Å². The maximum absolute atomic E-state index is 12.0. The Bertz CT molecular complexity index is 428. The van der Waals surface area contributed by atoms with E-state index in [-0.39, 0.29) is 12.1 Å². The maximum Gasteiger partial charge on any atom is 0.338 e. The molecule has 0 amide bonds. The van der Waals surface area contributed by atoms with E-state index in [1.165, 1.54) is 0 Å². The van der Waals surface area contributed by atoms with Crippen LogP contribution in [0.25, 0.3) is 0 Å². The van der Waals surface area contributed by atoms with Crippen molar-refractivity contribution < 1.29 is 19.0 Å². The number of hydrogen-bond acceptors (Lipinski definition) is 4. The molecule has 0 saturated heterocycles. The Hall–Kier alpha value is -1.71. The van der Waals surface area contributed by atoms with Crippen molar-refractivity contribution in [3.05, 3.63) is 23.8 Å². The molecule has 0 aromatic heterocycles. The molecule has 112 valence electrons. The van der Waals surface area contributed by atoms with Gasteiger partial charge in [0.15, 0.2) is 11.5 Å². The average Bonchev–Trinajstić information content (AvgIpc) is 2.45. The highest BCUT2D eigenvalue weighted by Crippen LogP contribution is 2.29. The number of carbonyl (C=O) groups is 1. The summed E-state index contributed by atoms with van der Waals surface area (Å²) in [5.41, 5.74) is 0.484. The molecule has 1 atom stereocenters. The van der Waals surface area contributed by atoms with Crippen molar-refractivity contribution in [1.29, 1.82) is 0 Å². The van der Waals surface area contributed by atoms with E-state index in [0.717, 1.165) is 12.8 Å². The Balaban J connectivity index is 2.88. The van der Waals surface area contributed by atoms with Gasteiger partial charge in [-0.15, -0.1) is 0 Å². The molecule has 0 N–H and O–H groups in total. The molecule has 1 rings (SSSR count). The number of benzene rings is 1. The fraction of sp³-hybridized carbons (Fsp3) is 0.562. The molecule has 0 bridgehead atoms. The first-order valence-electron chi connectivity index (χ1n) is 7.22. The van der Waals surface area contributed by atoms with Crippen LogP contribution < -0.4 is 9.47 Å². The van der Waals surface area contributed by atoms with Crippen LogP contribution in [0.15, 0.2) is 18.2 Å². The van der Waals surface area contributed by atoms with E-state index >= 15 is 0 Å². The Morgan fingerprint density at radius 3 is 2.50 bits per heavy atom. The third-order valence-corrected chi connectivity index (χ3v) is 2.82. The van der Waals surface area contributed by atoms with Gasteiger partial charge in [0.25, 0.3) is 0 Å². The summed E-state index contributed by atoms with van der Waals surface area (Å²) >= 11 is 0. The third kappa shape index (κ3) is 4.76. The summed E-state index contributed by atoms with van der Waals surface area (Å²) in [7, 11) is 0. The highest BCUT2D eigenvalue weighted by atomic mass is 16.5. The summed E-state index contributed by atoms with van der Waals surface area (Å²) in [6.45, 7) is 8.93. The molecule has 1 aromatic carbocycles. The van der Waals surface area contributed by atoms with Gasteiger partial charge in [-0.2, -0.15) is 0 Å². The van der Waals surface area contributed by atoms with Crippen molar-refractivity contribution in [2.24, 2.45) is 0 Å². The molecule has 0 heterocycles. The van der Waals surface area contributed by atoms with E-state index in [1.807, 2.05) is 27.7 Å². The molecular weight excluding hydrogens is 256 g/mol. The van der Waals surface area contributed by atoms with Gasteiger partial charge in [0, 0.05) is 0 Å². The molecule has 0 aliphatic rings. The molecule has 1 aromatic rings. The van der Waals surface area contributed by atoms with Crippen molar-refractivity contribution in [3.63, 3.8) is 0 Å². The molecule has 0 radical (unpaired) electrons. The van der Waals surface area contributed by atoms with Gasteiger partial charge >= 0.3 is 5.97 Å². The summed E-state index contributed by atoms with van der Waals surface area (Å²) < 4.78 is 16.4. The van der Waals surface area contributed by atoms with E-state index in [0.29, 0.717) is 30.3 Å². The third-order valence-electron chi connectivity index (χ3n) is 2.82. The van der Waals surface area contributed by atoms with E-state index in [4.69, 9.17) is 14.2 Å². The molecule has 1 unspecified atom stereocenters. The minimum atomic E-state index is -0.331. The fourth-order valence-corrected chi connectivity index (χ4v) is 1.57. The van der Waals surface area contributed by atoms with Crippen LogP contribution in [-0.4, -0.2) is 25.3 Å². The highest BCUT2D eigenvalue weighted by Gasteiger charge is 2.14. The molecule has 4 nitrogen and oxygen atoms in total. The molecular formula is C16H24O4. The van der Waals surface area contributed by atoms with Gasteiger partial charge in [-0.3, -0.25) is 0 Å². The first-order valence-corrected chi connectivity index (χ1v) is 7.22. The minimum absolute atomic E-state index is 0.0888. The second-order valence-corrected chi connectivity index (χ2v) is 4.57. The van der Waals surface area contributed by atoms with Crippen molar-refractivity contribution in [2.75, 3.05) is 13.2 Å². The first-order chi connectivity index (χ1) is 9.62. The Labute approximate surface area is 121 Å². The topological polar surface area (TPSA) is 44.8 Å². The van der Waals surface area contributed by atoms with Crippen molar-refractivity contribution in [3.8, 4) is 11.5 Å². The molecule has 0 fully saturated rings. The molecule has 0 aliphatic heterocycles. The SMILES string of the molecule is CCCOc1ccc(C(=O)OC(C)CC)cc1OCC. The van der Waals surface area contributed by atoms with Gasteiger partial charge in [0.2, 0.25) is 0 Å². The van der Waals surface area contributed by atoms with Gasteiger partial charge in [-0.25, -0.2) is 4.79 Å². The molecule has 20 heavy (non-hydrogen) atoms. The summed E-state index contributed by atoms with van der Waals surface area (Å²) in [6, 6.07) is 5.14. The van der Waals surface area contributed by atoms with Gasteiger partial charge in [-0.1, -0.05) is 13.8 Å². The maximum atomic E-state index is 12.0. The first kappa shape index (κ1) is 16.3. The summed E-state index contributed by atoms with van der Waals surface area (Å²) in [6.07, 6.45) is 1.62. The van der Waals surface area contributed by atoms with Crippen molar-refractivity contribution in [2.45, 2.75) is 46.6 Å². The van der Waals surface area contributed by atoms with Crippen LogP contribution in [0.5, 0.6) is 11.5 Å². The predicted octanol–water partition coefficient (Wildman–Crippen LogP) is 3.83. The Morgan fingerprint density at radius 1 is 1.15 bits per heavy atom. The van der Waals surface area contributed by atoms with Crippen LogP contribution in [0, 0.1) is 0 Å². The zero-order chi connectivity index (χ0) is 15.0. The van der Waals surface area contributed by atoms with E-state index < -0.39 is 0 Å². The van der Waals surface area contributed by atoms with Crippen molar-refractivity contribution in [1.82, 2.24) is 0 Å². The normalized spacial score (nSPS) is 11.8. The average molecular weight is 280 g/mol. The number of hydrogen-bond donors (Lipinski definition) is 0. The van der Waals surface area contributed by atoms with Crippen molar-refractivity contribution >= 4 is 5.97 Å².